The largest absolute Gasteiger partial charge is 0.455 e. The average molecular weight is 957 g/mol. The van der Waals surface area contributed by atoms with Gasteiger partial charge in [-0.25, -0.2) is 0 Å². The van der Waals surface area contributed by atoms with E-state index in [2.05, 4.69) is 289 Å². The molecule has 14 aromatic rings. The lowest BCUT2D eigenvalue weighted by Crippen LogP contribution is -2.10. The summed E-state index contributed by atoms with van der Waals surface area (Å²) in [4.78, 5) is 2.37. The number of rotatable bonds is 10. The lowest BCUT2D eigenvalue weighted by Gasteiger charge is -2.26. The Labute approximate surface area is 436 Å². The fraction of sp³-hybridized carbons (Fsp3) is 0. The molecule has 0 aliphatic carbocycles. The van der Waals surface area contributed by atoms with Crippen molar-refractivity contribution in [1.29, 1.82) is 0 Å². The maximum absolute atomic E-state index is 6.54. The Kier molecular flexibility index (Phi) is 10.8. The molecule has 0 saturated heterocycles. The zero-order valence-electron chi connectivity index (χ0n) is 41.0. The molecule has 352 valence electrons. The number of para-hydroxylation sites is 5. The van der Waals surface area contributed by atoms with Crippen LogP contribution in [0.3, 0.4) is 0 Å². The molecule has 0 atom stereocenters. The molecule has 2 aromatic heterocycles. The summed E-state index contributed by atoms with van der Waals surface area (Å²) in [6.45, 7) is 0. The Hall–Kier alpha value is -9.96. The molecule has 0 aliphatic heterocycles. The lowest BCUT2D eigenvalue weighted by molar-refractivity contribution is 0.670. The van der Waals surface area contributed by atoms with E-state index in [4.69, 9.17) is 4.42 Å². The zero-order valence-corrected chi connectivity index (χ0v) is 41.0. The van der Waals surface area contributed by atoms with E-state index in [1.165, 1.54) is 44.1 Å². The third-order valence-electron chi connectivity index (χ3n) is 14.8. The maximum atomic E-state index is 6.54. The summed E-state index contributed by atoms with van der Waals surface area (Å²) in [6.07, 6.45) is 0. The average Bonchev–Trinajstić information content (AvgIpc) is 4.05. The van der Waals surface area contributed by atoms with Gasteiger partial charge in [-0.2, -0.15) is 0 Å². The number of hydrogen-bond acceptors (Lipinski definition) is 2. The van der Waals surface area contributed by atoms with Gasteiger partial charge in [-0.15, -0.1) is 0 Å². The van der Waals surface area contributed by atoms with Crippen molar-refractivity contribution in [3.63, 3.8) is 0 Å². The summed E-state index contributed by atoms with van der Waals surface area (Å²) in [6, 6.07) is 105. The number of furan rings is 1. The molecule has 3 nitrogen and oxygen atoms in total. The molecule has 0 fully saturated rings. The summed E-state index contributed by atoms with van der Waals surface area (Å²) in [5.74, 6) is 0. The lowest BCUT2D eigenvalue weighted by atomic mass is 9.93. The smallest absolute Gasteiger partial charge is 0.143 e. The zero-order chi connectivity index (χ0) is 49.7. The van der Waals surface area contributed by atoms with Gasteiger partial charge in [0.1, 0.15) is 11.2 Å². The van der Waals surface area contributed by atoms with Crippen molar-refractivity contribution in [2.24, 2.45) is 0 Å². The molecular weight excluding hydrogens is 909 g/mol. The molecule has 0 saturated carbocycles. The second-order valence-corrected chi connectivity index (χ2v) is 19.2. The van der Waals surface area contributed by atoms with Crippen molar-refractivity contribution in [1.82, 2.24) is 4.57 Å². The molecule has 0 amide bonds. The first kappa shape index (κ1) is 43.8. The van der Waals surface area contributed by atoms with Crippen LogP contribution in [-0.2, 0) is 0 Å². The van der Waals surface area contributed by atoms with Gasteiger partial charge in [0.25, 0.3) is 0 Å². The van der Waals surface area contributed by atoms with Crippen molar-refractivity contribution >= 4 is 60.8 Å². The third-order valence-corrected chi connectivity index (χ3v) is 14.8. The van der Waals surface area contributed by atoms with Crippen LogP contribution in [-0.4, -0.2) is 4.57 Å². The summed E-state index contributed by atoms with van der Waals surface area (Å²) < 4.78 is 8.96. The standard InChI is InChI=1S/C72H48N2O/c1-2-17-49(18-3-1)50-35-37-51(38-36-50)55-20-15-22-59(48-55)73(58-45-41-53(42-46-58)60-23-4-5-25-62(60)66-29-16-30-67-65-28-9-13-34-71(65)75-72(66)67)57-43-39-52(40-44-57)54-19-14-21-56(47-54)61-24-6-10-31-68(61)74-69-32-11-7-26-63(69)64-27-8-12-33-70(64)74/h1-48H. The molecule has 0 radical (unpaired) electrons. The Morgan fingerprint density at radius 3 is 1.41 bits per heavy atom. The van der Waals surface area contributed by atoms with Crippen LogP contribution in [0.15, 0.2) is 296 Å². The maximum Gasteiger partial charge on any atom is 0.143 e. The SMILES string of the molecule is c1ccc(-c2ccc(-c3cccc(N(c4ccc(-c5cccc(-c6ccccc6-n6c7ccccc7c7ccccc76)c5)cc4)c4ccc(-c5ccccc5-c5cccc6c5oc5ccccc56)cc4)c3)cc2)cc1. The van der Waals surface area contributed by atoms with Gasteiger partial charge in [0, 0.05) is 49.7 Å². The number of hydrogen-bond donors (Lipinski definition) is 0. The van der Waals surface area contributed by atoms with Crippen molar-refractivity contribution in [3.8, 4) is 72.4 Å². The topological polar surface area (TPSA) is 21.3 Å². The van der Waals surface area contributed by atoms with Crippen LogP contribution in [0.1, 0.15) is 0 Å². The fourth-order valence-electron chi connectivity index (χ4n) is 11.2. The number of anilines is 3. The van der Waals surface area contributed by atoms with Gasteiger partial charge in [0.2, 0.25) is 0 Å². The minimum atomic E-state index is 0.897. The van der Waals surface area contributed by atoms with E-state index in [0.29, 0.717) is 0 Å². The molecule has 0 aliphatic rings. The van der Waals surface area contributed by atoms with Gasteiger partial charge in [0.05, 0.1) is 16.7 Å². The Morgan fingerprint density at radius 1 is 0.253 bits per heavy atom. The molecular formula is C72H48N2O. The third kappa shape index (κ3) is 7.86. The predicted octanol–water partition coefficient (Wildman–Crippen LogP) is 20.2. The van der Waals surface area contributed by atoms with Crippen molar-refractivity contribution in [2.75, 3.05) is 4.90 Å². The second kappa shape index (κ2) is 18.6. The summed E-state index contributed by atoms with van der Waals surface area (Å²) in [5, 5.41) is 4.76. The van der Waals surface area contributed by atoms with E-state index in [1.807, 2.05) is 12.1 Å². The van der Waals surface area contributed by atoms with E-state index in [1.54, 1.807) is 0 Å². The Bertz CT molecular complexity index is 4340. The number of benzene rings is 12. The van der Waals surface area contributed by atoms with Gasteiger partial charge in [-0.05, 0) is 122 Å². The highest BCUT2D eigenvalue weighted by molar-refractivity contribution is 6.11. The molecule has 0 spiro atoms. The van der Waals surface area contributed by atoms with Crippen molar-refractivity contribution < 1.29 is 4.42 Å². The minimum Gasteiger partial charge on any atom is -0.455 e. The first-order valence-electron chi connectivity index (χ1n) is 25.6. The van der Waals surface area contributed by atoms with E-state index < -0.39 is 0 Å². The van der Waals surface area contributed by atoms with E-state index >= 15 is 0 Å². The van der Waals surface area contributed by atoms with Gasteiger partial charge in [-0.1, -0.05) is 224 Å². The first-order valence-corrected chi connectivity index (χ1v) is 25.6. The van der Waals surface area contributed by atoms with Crippen LogP contribution >= 0.6 is 0 Å². The predicted molar refractivity (Wildman–Crippen MR) is 315 cm³/mol. The van der Waals surface area contributed by atoms with Crippen LogP contribution < -0.4 is 4.90 Å². The first-order chi connectivity index (χ1) is 37.2. The normalized spacial score (nSPS) is 11.5. The van der Waals surface area contributed by atoms with Crippen LogP contribution in [0, 0.1) is 0 Å². The summed E-state index contributed by atoms with van der Waals surface area (Å²) in [7, 11) is 0. The van der Waals surface area contributed by atoms with E-state index in [9.17, 15) is 0 Å². The molecule has 0 unspecified atom stereocenters. The molecule has 12 aromatic carbocycles. The number of fused-ring (bicyclic) bond motifs is 6. The molecule has 0 bridgehead atoms. The highest BCUT2D eigenvalue weighted by atomic mass is 16.3. The summed E-state index contributed by atoms with van der Waals surface area (Å²) >= 11 is 0. The van der Waals surface area contributed by atoms with Crippen LogP contribution in [0.25, 0.3) is 116 Å². The molecule has 14 rings (SSSR count). The van der Waals surface area contributed by atoms with Gasteiger partial charge in [-0.3, -0.25) is 0 Å². The summed E-state index contributed by atoms with van der Waals surface area (Å²) in [5.41, 5.74) is 22.4. The molecule has 3 heteroatoms. The molecule has 0 N–H and O–H groups in total. The monoisotopic (exact) mass is 956 g/mol. The number of aromatic nitrogens is 1. The quantitative estimate of drug-likeness (QED) is 0.136. The number of nitrogens with zero attached hydrogens (tertiary/aromatic N) is 2. The van der Waals surface area contributed by atoms with Gasteiger partial charge in [0.15, 0.2) is 0 Å². The van der Waals surface area contributed by atoms with E-state index in [0.717, 1.165) is 89.2 Å². The highest BCUT2D eigenvalue weighted by Crippen LogP contribution is 2.43. The molecule has 2 heterocycles. The van der Waals surface area contributed by atoms with Crippen molar-refractivity contribution in [3.05, 3.63) is 291 Å². The van der Waals surface area contributed by atoms with Gasteiger partial charge < -0.3 is 13.9 Å². The minimum absolute atomic E-state index is 0.897. The Balaban J connectivity index is 0.837. The van der Waals surface area contributed by atoms with E-state index in [-0.39, 0.29) is 0 Å². The highest BCUT2D eigenvalue weighted by Gasteiger charge is 2.19. The van der Waals surface area contributed by atoms with Crippen LogP contribution in [0.4, 0.5) is 17.1 Å². The fourth-order valence-corrected chi connectivity index (χ4v) is 11.2. The second-order valence-electron chi connectivity index (χ2n) is 19.2. The van der Waals surface area contributed by atoms with Crippen LogP contribution in [0.2, 0.25) is 0 Å². The van der Waals surface area contributed by atoms with Gasteiger partial charge >= 0.3 is 0 Å². The van der Waals surface area contributed by atoms with Crippen molar-refractivity contribution in [2.45, 2.75) is 0 Å². The van der Waals surface area contributed by atoms with Crippen LogP contribution in [0.5, 0.6) is 0 Å². The Morgan fingerprint density at radius 2 is 0.707 bits per heavy atom. The molecule has 75 heavy (non-hydrogen) atoms.